The molecule has 1 aliphatic rings. The van der Waals surface area contributed by atoms with E-state index in [1.54, 1.807) is 0 Å². The van der Waals surface area contributed by atoms with Crippen LogP contribution in [0.5, 0.6) is 0 Å². The number of rotatable bonds is 5. The number of nitrogens with one attached hydrogen (secondary N) is 1. The lowest BCUT2D eigenvalue weighted by Crippen LogP contribution is -2.44. The van der Waals surface area contributed by atoms with Gasteiger partial charge in [-0.2, -0.15) is 0 Å². The van der Waals surface area contributed by atoms with Crippen molar-refractivity contribution in [3.05, 3.63) is 59.4 Å². The number of benzene rings is 1. The maximum absolute atomic E-state index is 13.8. The second-order valence-corrected chi connectivity index (χ2v) is 6.01. The van der Waals surface area contributed by atoms with Crippen molar-refractivity contribution >= 4 is 5.91 Å². The van der Waals surface area contributed by atoms with E-state index in [4.69, 9.17) is 4.74 Å². The number of nitrogens with zero attached hydrogens (tertiary/aromatic N) is 2. The van der Waals surface area contributed by atoms with E-state index >= 15 is 0 Å². The summed E-state index contributed by atoms with van der Waals surface area (Å²) in [7, 11) is 1.93. The fourth-order valence-corrected chi connectivity index (χ4v) is 3.12. The molecule has 1 aromatic carbocycles. The first-order valence-electron chi connectivity index (χ1n) is 8.23. The highest BCUT2D eigenvalue weighted by atomic mass is 19.1. The number of carbonyl (C=O) groups excluding carboxylic acids is 1. The fourth-order valence-electron chi connectivity index (χ4n) is 3.12. The van der Waals surface area contributed by atoms with E-state index < -0.39 is 23.1 Å². The molecule has 134 valence electrons. The smallest absolute Gasteiger partial charge is 0.257 e. The standard InChI is InChI=1S/C18H21F2N3O2/c1-22-7-3-6-15(22)16(23-8-10-25-11-9-23)12-21-18(24)17-13(19)4-2-5-14(17)20/h2-7,16H,8-12H2,1H3,(H,21,24). The third-order valence-electron chi connectivity index (χ3n) is 4.46. The Hall–Kier alpha value is -2.25. The number of aromatic nitrogens is 1. The summed E-state index contributed by atoms with van der Waals surface area (Å²) in [5.41, 5.74) is 0.478. The van der Waals surface area contributed by atoms with Gasteiger partial charge in [-0.15, -0.1) is 0 Å². The molecule has 25 heavy (non-hydrogen) atoms. The average Bonchev–Trinajstić information content (AvgIpc) is 3.02. The van der Waals surface area contributed by atoms with Crippen LogP contribution in [-0.4, -0.2) is 48.2 Å². The van der Waals surface area contributed by atoms with Crippen LogP contribution in [-0.2, 0) is 11.8 Å². The number of carbonyl (C=O) groups is 1. The third kappa shape index (κ3) is 3.88. The monoisotopic (exact) mass is 349 g/mol. The lowest BCUT2D eigenvalue weighted by atomic mass is 10.1. The molecule has 0 spiro atoms. The predicted octanol–water partition coefficient (Wildman–Crippen LogP) is 2.11. The fraction of sp³-hybridized carbons (Fsp3) is 0.389. The molecule has 2 aromatic rings. The van der Waals surface area contributed by atoms with Crippen molar-refractivity contribution in [2.75, 3.05) is 32.8 Å². The second-order valence-electron chi connectivity index (χ2n) is 6.01. The largest absolute Gasteiger partial charge is 0.379 e. The Kier molecular flexibility index (Phi) is 5.45. The van der Waals surface area contributed by atoms with Gasteiger partial charge in [-0.3, -0.25) is 9.69 Å². The Bertz CT molecular complexity index is 721. The molecule has 1 aliphatic heterocycles. The summed E-state index contributed by atoms with van der Waals surface area (Å²) in [5.74, 6) is -2.47. The molecule has 0 saturated carbocycles. The van der Waals surface area contributed by atoms with Crippen molar-refractivity contribution in [2.24, 2.45) is 7.05 Å². The number of ether oxygens (including phenoxy) is 1. The summed E-state index contributed by atoms with van der Waals surface area (Å²) >= 11 is 0. The number of amides is 1. The highest BCUT2D eigenvalue weighted by Crippen LogP contribution is 2.22. The van der Waals surface area contributed by atoms with E-state index in [0.29, 0.717) is 13.2 Å². The molecular formula is C18H21F2N3O2. The average molecular weight is 349 g/mol. The normalized spacial score (nSPS) is 16.6. The molecule has 5 nitrogen and oxygen atoms in total. The zero-order valence-electron chi connectivity index (χ0n) is 14.0. The van der Waals surface area contributed by atoms with Crippen molar-refractivity contribution in [1.29, 1.82) is 0 Å². The van der Waals surface area contributed by atoms with Gasteiger partial charge >= 0.3 is 0 Å². The predicted molar refractivity (Wildman–Crippen MR) is 89.2 cm³/mol. The van der Waals surface area contributed by atoms with Gasteiger partial charge in [-0.05, 0) is 24.3 Å². The third-order valence-corrected chi connectivity index (χ3v) is 4.46. The molecule has 1 amide bonds. The Morgan fingerprint density at radius 3 is 2.48 bits per heavy atom. The Morgan fingerprint density at radius 1 is 1.20 bits per heavy atom. The van der Waals surface area contributed by atoms with Gasteiger partial charge in [0.15, 0.2) is 0 Å². The highest BCUT2D eigenvalue weighted by Gasteiger charge is 2.26. The summed E-state index contributed by atoms with van der Waals surface area (Å²) in [6.45, 7) is 2.97. The summed E-state index contributed by atoms with van der Waals surface area (Å²) in [6.07, 6.45) is 1.93. The van der Waals surface area contributed by atoms with E-state index in [2.05, 4.69) is 10.2 Å². The van der Waals surface area contributed by atoms with Crippen LogP contribution >= 0.6 is 0 Å². The molecule has 3 rings (SSSR count). The van der Waals surface area contributed by atoms with Gasteiger partial charge in [0.25, 0.3) is 5.91 Å². The Morgan fingerprint density at radius 2 is 1.88 bits per heavy atom. The minimum atomic E-state index is -0.862. The first-order chi connectivity index (χ1) is 12.1. The molecule has 1 aromatic heterocycles. The molecule has 1 atom stereocenters. The van der Waals surface area contributed by atoms with Crippen molar-refractivity contribution in [1.82, 2.24) is 14.8 Å². The Balaban J connectivity index is 1.76. The minimum Gasteiger partial charge on any atom is -0.379 e. The van der Waals surface area contributed by atoms with Crippen LogP contribution in [0.25, 0.3) is 0 Å². The van der Waals surface area contributed by atoms with Gasteiger partial charge in [0.2, 0.25) is 0 Å². The first kappa shape index (κ1) is 17.6. The topological polar surface area (TPSA) is 46.5 Å². The number of hydrogen-bond acceptors (Lipinski definition) is 3. The van der Waals surface area contributed by atoms with E-state index in [0.717, 1.165) is 30.9 Å². The van der Waals surface area contributed by atoms with Crippen LogP contribution in [0.2, 0.25) is 0 Å². The maximum Gasteiger partial charge on any atom is 0.257 e. The quantitative estimate of drug-likeness (QED) is 0.899. The number of morpholine rings is 1. The minimum absolute atomic E-state index is 0.0947. The molecule has 1 fully saturated rings. The maximum atomic E-state index is 13.8. The van der Waals surface area contributed by atoms with Gasteiger partial charge in [-0.25, -0.2) is 8.78 Å². The van der Waals surface area contributed by atoms with Crippen molar-refractivity contribution in [3.63, 3.8) is 0 Å². The van der Waals surface area contributed by atoms with Crippen LogP contribution in [0.15, 0.2) is 36.5 Å². The lowest BCUT2D eigenvalue weighted by molar-refractivity contribution is 0.0148. The molecule has 0 radical (unpaired) electrons. The van der Waals surface area contributed by atoms with Crippen molar-refractivity contribution in [3.8, 4) is 0 Å². The summed E-state index contributed by atoms with van der Waals surface area (Å²) < 4.78 is 34.9. The van der Waals surface area contributed by atoms with Crippen LogP contribution in [0.4, 0.5) is 8.78 Å². The van der Waals surface area contributed by atoms with Gasteiger partial charge < -0.3 is 14.6 Å². The second kappa shape index (κ2) is 7.76. The lowest BCUT2D eigenvalue weighted by Gasteiger charge is -2.35. The zero-order chi connectivity index (χ0) is 17.8. The summed E-state index contributed by atoms with van der Waals surface area (Å²) in [5, 5.41) is 2.68. The molecule has 7 heteroatoms. The molecule has 1 unspecified atom stereocenters. The number of aryl methyl sites for hydroxylation is 1. The molecular weight excluding hydrogens is 328 g/mol. The highest BCUT2D eigenvalue weighted by molar-refractivity contribution is 5.94. The van der Waals surface area contributed by atoms with Gasteiger partial charge in [0.05, 0.1) is 19.3 Å². The van der Waals surface area contributed by atoms with Crippen LogP contribution in [0.3, 0.4) is 0 Å². The first-order valence-corrected chi connectivity index (χ1v) is 8.23. The van der Waals surface area contributed by atoms with E-state index in [9.17, 15) is 13.6 Å². The SMILES string of the molecule is Cn1cccc1C(CNC(=O)c1c(F)cccc1F)N1CCOCC1. The molecule has 0 bridgehead atoms. The van der Waals surface area contributed by atoms with E-state index in [-0.39, 0.29) is 12.6 Å². The molecule has 1 saturated heterocycles. The molecule has 0 aliphatic carbocycles. The van der Waals surface area contributed by atoms with E-state index in [1.165, 1.54) is 6.07 Å². The number of hydrogen-bond donors (Lipinski definition) is 1. The van der Waals surface area contributed by atoms with Crippen LogP contribution in [0.1, 0.15) is 22.1 Å². The van der Waals surface area contributed by atoms with Crippen LogP contribution in [0, 0.1) is 11.6 Å². The van der Waals surface area contributed by atoms with Gasteiger partial charge in [0.1, 0.15) is 17.2 Å². The van der Waals surface area contributed by atoms with Crippen molar-refractivity contribution in [2.45, 2.75) is 6.04 Å². The Labute approximate surface area is 145 Å². The number of halogens is 2. The van der Waals surface area contributed by atoms with Gasteiger partial charge in [0, 0.05) is 38.6 Å². The van der Waals surface area contributed by atoms with Crippen LogP contribution < -0.4 is 5.32 Å². The zero-order valence-corrected chi connectivity index (χ0v) is 14.0. The van der Waals surface area contributed by atoms with Crippen molar-refractivity contribution < 1.29 is 18.3 Å². The molecule has 1 N–H and O–H groups in total. The summed E-state index contributed by atoms with van der Waals surface area (Å²) in [4.78, 5) is 14.5. The summed E-state index contributed by atoms with van der Waals surface area (Å²) in [6, 6.07) is 7.21. The van der Waals surface area contributed by atoms with Gasteiger partial charge in [-0.1, -0.05) is 6.07 Å². The molecule has 2 heterocycles. The van der Waals surface area contributed by atoms with E-state index in [1.807, 2.05) is 29.9 Å².